The molecule has 14 heavy (non-hydrogen) atoms. The van der Waals surface area contributed by atoms with Gasteiger partial charge in [-0.15, -0.1) is 11.8 Å². The number of carbonyl (C=O) groups excluding carboxylic acids is 1. The summed E-state index contributed by atoms with van der Waals surface area (Å²) in [6, 6.07) is 5.50. The average molecular weight is 229 g/mol. The topological polar surface area (TPSA) is 17.1 Å². The predicted octanol–water partition coefficient (Wildman–Crippen LogP) is 4.04. The Labute approximate surface area is 93.8 Å². The summed E-state index contributed by atoms with van der Waals surface area (Å²) in [4.78, 5) is 12.6. The first-order valence-electron chi connectivity index (χ1n) is 4.64. The lowest BCUT2D eigenvalue weighted by Gasteiger charge is -2.06. The number of hydrogen-bond acceptors (Lipinski definition) is 2. The van der Waals surface area contributed by atoms with Gasteiger partial charge in [0.05, 0.1) is 0 Å². The number of hydrogen-bond donors (Lipinski definition) is 0. The van der Waals surface area contributed by atoms with Gasteiger partial charge in [0.1, 0.15) is 0 Å². The van der Waals surface area contributed by atoms with Crippen molar-refractivity contribution in [1.29, 1.82) is 0 Å². The van der Waals surface area contributed by atoms with Crippen molar-refractivity contribution in [3.05, 3.63) is 28.8 Å². The molecule has 0 aliphatic heterocycles. The molecule has 0 aromatic heterocycles. The second-order valence-corrected chi connectivity index (χ2v) is 4.59. The zero-order chi connectivity index (χ0) is 10.6. The number of halogens is 1. The minimum absolute atomic E-state index is 0.156. The van der Waals surface area contributed by atoms with E-state index in [0.29, 0.717) is 11.4 Å². The van der Waals surface area contributed by atoms with Crippen molar-refractivity contribution in [2.45, 2.75) is 25.2 Å². The number of thioether (sulfide) groups is 1. The predicted molar refractivity (Wildman–Crippen MR) is 62.5 cm³/mol. The molecule has 0 fully saturated rings. The monoisotopic (exact) mass is 228 g/mol. The molecule has 0 atom stereocenters. The maximum absolute atomic E-state index is 11.6. The van der Waals surface area contributed by atoms with Crippen molar-refractivity contribution in [2.24, 2.45) is 0 Å². The smallest absolute Gasteiger partial charge is 0.163 e. The normalized spacial score (nSPS) is 10.2. The number of benzene rings is 1. The van der Waals surface area contributed by atoms with Crippen molar-refractivity contribution in [3.8, 4) is 0 Å². The number of Topliss-reactive ketones (excluding diaryl/α,β-unsaturated/α-hetero) is 1. The Bertz CT molecular complexity index is 336. The zero-order valence-electron chi connectivity index (χ0n) is 8.34. The van der Waals surface area contributed by atoms with Crippen molar-refractivity contribution in [2.75, 3.05) is 5.75 Å². The highest BCUT2D eigenvalue weighted by Crippen LogP contribution is 2.26. The molecule has 0 saturated heterocycles. The van der Waals surface area contributed by atoms with Crippen molar-refractivity contribution < 1.29 is 4.79 Å². The first-order chi connectivity index (χ1) is 6.69. The molecule has 0 unspecified atom stereocenters. The lowest BCUT2D eigenvalue weighted by Crippen LogP contribution is -1.98. The molecule has 0 spiro atoms. The van der Waals surface area contributed by atoms with Crippen molar-refractivity contribution in [3.63, 3.8) is 0 Å². The van der Waals surface area contributed by atoms with E-state index >= 15 is 0 Å². The minimum atomic E-state index is 0.156. The van der Waals surface area contributed by atoms with Gasteiger partial charge in [-0.05, 0) is 24.0 Å². The van der Waals surface area contributed by atoms with Gasteiger partial charge in [-0.1, -0.05) is 25.4 Å². The lowest BCUT2D eigenvalue weighted by atomic mass is 10.1. The Kier molecular flexibility index (Phi) is 4.49. The molecule has 1 rings (SSSR count). The second kappa shape index (κ2) is 5.42. The molecule has 0 bridgehead atoms. The fourth-order valence-electron chi connectivity index (χ4n) is 1.19. The van der Waals surface area contributed by atoms with Crippen LogP contribution in [0.3, 0.4) is 0 Å². The fourth-order valence-corrected chi connectivity index (χ4v) is 2.17. The molecule has 1 aromatic carbocycles. The Morgan fingerprint density at radius 3 is 2.71 bits per heavy atom. The Morgan fingerprint density at radius 1 is 1.43 bits per heavy atom. The van der Waals surface area contributed by atoms with E-state index < -0.39 is 0 Å². The molecular weight excluding hydrogens is 216 g/mol. The van der Waals surface area contributed by atoms with Crippen LogP contribution in [-0.2, 0) is 0 Å². The van der Waals surface area contributed by atoms with E-state index in [0.717, 1.165) is 16.2 Å². The van der Waals surface area contributed by atoms with Gasteiger partial charge in [-0.2, -0.15) is 0 Å². The summed E-state index contributed by atoms with van der Waals surface area (Å²) in [5, 5.41) is 0.627. The van der Waals surface area contributed by atoms with Crippen LogP contribution in [0.4, 0.5) is 0 Å². The van der Waals surface area contributed by atoms with Crippen LogP contribution in [0.1, 0.15) is 30.6 Å². The number of ketones is 1. The van der Waals surface area contributed by atoms with E-state index in [2.05, 4.69) is 6.92 Å². The van der Waals surface area contributed by atoms with Gasteiger partial charge in [0.2, 0.25) is 0 Å². The number of carbonyl (C=O) groups is 1. The Hall–Kier alpha value is -0.470. The SMILES string of the molecule is CCSc1ccc(Cl)cc1C(=O)CC. The fraction of sp³-hybridized carbons (Fsp3) is 0.364. The van der Waals surface area contributed by atoms with Crippen LogP contribution in [-0.4, -0.2) is 11.5 Å². The van der Waals surface area contributed by atoms with E-state index in [-0.39, 0.29) is 5.78 Å². The highest BCUT2D eigenvalue weighted by atomic mass is 35.5. The maximum atomic E-state index is 11.6. The summed E-state index contributed by atoms with van der Waals surface area (Å²) in [5.74, 6) is 1.12. The molecule has 0 aliphatic rings. The molecule has 0 amide bonds. The molecule has 0 heterocycles. The molecule has 76 valence electrons. The van der Waals surface area contributed by atoms with Crippen LogP contribution >= 0.6 is 23.4 Å². The summed E-state index contributed by atoms with van der Waals surface area (Å²) < 4.78 is 0. The van der Waals surface area contributed by atoms with Gasteiger partial charge in [0.15, 0.2) is 5.78 Å². The third-order valence-corrected chi connectivity index (χ3v) is 3.05. The van der Waals surface area contributed by atoms with Crippen molar-refractivity contribution >= 4 is 29.1 Å². The molecule has 0 radical (unpaired) electrons. The third kappa shape index (κ3) is 2.76. The first kappa shape index (κ1) is 11.6. The van der Waals surface area contributed by atoms with Gasteiger partial charge in [-0.3, -0.25) is 4.79 Å². The molecule has 1 nitrogen and oxygen atoms in total. The summed E-state index contributed by atoms with van der Waals surface area (Å²) in [6.07, 6.45) is 0.525. The van der Waals surface area contributed by atoms with E-state index in [1.807, 2.05) is 19.1 Å². The van der Waals surface area contributed by atoms with Gasteiger partial charge < -0.3 is 0 Å². The number of rotatable bonds is 4. The quantitative estimate of drug-likeness (QED) is 0.572. The van der Waals surface area contributed by atoms with Gasteiger partial charge >= 0.3 is 0 Å². The standard InChI is InChI=1S/C11H13ClOS/c1-3-10(13)9-7-8(12)5-6-11(9)14-4-2/h5-7H,3-4H2,1-2H3. The second-order valence-electron chi connectivity index (χ2n) is 2.85. The Balaban J connectivity index is 3.08. The average Bonchev–Trinajstić information content (AvgIpc) is 2.20. The molecular formula is C11H13ClOS. The lowest BCUT2D eigenvalue weighted by molar-refractivity contribution is 0.0985. The minimum Gasteiger partial charge on any atom is -0.294 e. The maximum Gasteiger partial charge on any atom is 0.163 e. The van der Waals surface area contributed by atoms with E-state index in [9.17, 15) is 4.79 Å². The summed E-state index contributed by atoms with van der Waals surface area (Å²) in [7, 11) is 0. The molecule has 3 heteroatoms. The van der Waals surface area contributed by atoms with E-state index in [4.69, 9.17) is 11.6 Å². The van der Waals surface area contributed by atoms with Crippen LogP contribution < -0.4 is 0 Å². The summed E-state index contributed by atoms with van der Waals surface area (Å²) >= 11 is 7.53. The Morgan fingerprint density at radius 2 is 2.14 bits per heavy atom. The van der Waals surface area contributed by atoms with Gasteiger partial charge in [0, 0.05) is 21.9 Å². The highest BCUT2D eigenvalue weighted by molar-refractivity contribution is 7.99. The van der Waals surface area contributed by atoms with Gasteiger partial charge in [-0.25, -0.2) is 0 Å². The molecule has 0 N–H and O–H groups in total. The zero-order valence-corrected chi connectivity index (χ0v) is 9.91. The molecule has 0 aliphatic carbocycles. The van der Waals surface area contributed by atoms with Crippen LogP contribution in [0.5, 0.6) is 0 Å². The van der Waals surface area contributed by atoms with Crippen LogP contribution in [0, 0.1) is 0 Å². The summed E-state index contributed by atoms with van der Waals surface area (Å²) in [5.41, 5.74) is 0.756. The van der Waals surface area contributed by atoms with E-state index in [1.165, 1.54) is 0 Å². The summed E-state index contributed by atoms with van der Waals surface area (Å²) in [6.45, 7) is 3.93. The van der Waals surface area contributed by atoms with E-state index in [1.54, 1.807) is 17.8 Å². The highest BCUT2D eigenvalue weighted by Gasteiger charge is 2.09. The van der Waals surface area contributed by atoms with Crippen LogP contribution in [0.25, 0.3) is 0 Å². The molecule has 1 aromatic rings. The largest absolute Gasteiger partial charge is 0.294 e. The van der Waals surface area contributed by atoms with Crippen LogP contribution in [0.2, 0.25) is 5.02 Å². The van der Waals surface area contributed by atoms with Crippen molar-refractivity contribution in [1.82, 2.24) is 0 Å². The third-order valence-electron chi connectivity index (χ3n) is 1.86. The van der Waals surface area contributed by atoms with Crippen LogP contribution in [0.15, 0.2) is 23.1 Å². The molecule has 0 saturated carbocycles. The van der Waals surface area contributed by atoms with Gasteiger partial charge in [0.25, 0.3) is 0 Å². The first-order valence-corrected chi connectivity index (χ1v) is 6.01.